The molecule has 0 radical (unpaired) electrons. The lowest BCUT2D eigenvalue weighted by molar-refractivity contribution is -0.116. The van der Waals surface area contributed by atoms with Gasteiger partial charge in [-0.2, -0.15) is 0 Å². The van der Waals surface area contributed by atoms with Crippen molar-refractivity contribution in [3.05, 3.63) is 52.5 Å². The highest BCUT2D eigenvalue weighted by atomic mass is 35.5. The van der Waals surface area contributed by atoms with Crippen molar-refractivity contribution in [2.75, 3.05) is 24.3 Å². The van der Waals surface area contributed by atoms with E-state index in [0.717, 1.165) is 17.7 Å². The molecule has 4 nitrogen and oxygen atoms in total. The number of benzene rings is 2. The largest absolute Gasteiger partial charge is 0.495 e. The Kier molecular flexibility index (Phi) is 6.50. The van der Waals surface area contributed by atoms with Gasteiger partial charge in [-0.15, -0.1) is 0 Å². The number of rotatable bonds is 7. The van der Waals surface area contributed by atoms with Gasteiger partial charge >= 0.3 is 0 Å². The summed E-state index contributed by atoms with van der Waals surface area (Å²) in [4.78, 5) is 12.1. The molecule has 2 aromatic carbocycles. The summed E-state index contributed by atoms with van der Waals surface area (Å²) in [6.45, 7) is 4.57. The number of hydrogen-bond acceptors (Lipinski definition) is 3. The highest BCUT2D eigenvalue weighted by molar-refractivity contribution is 6.31. The second-order valence-electron chi connectivity index (χ2n) is 5.58. The number of aryl methyl sites for hydroxylation is 2. The fourth-order valence-electron chi connectivity index (χ4n) is 2.32. The number of hydrogen-bond donors (Lipinski definition) is 2. The van der Waals surface area contributed by atoms with E-state index in [-0.39, 0.29) is 5.91 Å². The number of halogens is 1. The highest BCUT2D eigenvalue weighted by Gasteiger charge is 2.10. The lowest BCUT2D eigenvalue weighted by Crippen LogP contribution is -2.16. The van der Waals surface area contributed by atoms with Crippen LogP contribution in [0.2, 0.25) is 5.02 Å². The summed E-state index contributed by atoms with van der Waals surface area (Å²) >= 11 is 6.07. The second kappa shape index (κ2) is 8.60. The van der Waals surface area contributed by atoms with Crippen molar-refractivity contribution >= 4 is 28.9 Å². The fraction of sp³-hybridized carbons (Fsp3) is 0.316. The van der Waals surface area contributed by atoms with Crippen molar-refractivity contribution in [2.45, 2.75) is 26.7 Å². The molecule has 0 saturated carbocycles. The number of ether oxygens (including phenoxy) is 1. The van der Waals surface area contributed by atoms with E-state index >= 15 is 0 Å². The number of nitrogens with one attached hydrogen (secondary N) is 2. The van der Waals surface area contributed by atoms with E-state index in [1.807, 2.05) is 25.1 Å². The SMILES string of the molecule is CCc1ccc(NCCC(=O)Nc2cc(C)c(Cl)cc2OC)cc1. The van der Waals surface area contributed by atoms with E-state index in [0.29, 0.717) is 29.4 Å². The Morgan fingerprint density at radius 2 is 1.92 bits per heavy atom. The first-order chi connectivity index (χ1) is 11.5. The second-order valence-corrected chi connectivity index (χ2v) is 5.98. The summed E-state index contributed by atoms with van der Waals surface area (Å²) in [5, 5.41) is 6.73. The van der Waals surface area contributed by atoms with Gasteiger partial charge in [0, 0.05) is 29.7 Å². The molecule has 0 bridgehead atoms. The molecular formula is C19H23ClN2O2. The zero-order valence-corrected chi connectivity index (χ0v) is 15.0. The molecule has 0 spiro atoms. The lowest BCUT2D eigenvalue weighted by Gasteiger charge is -2.13. The van der Waals surface area contributed by atoms with Gasteiger partial charge in [0.05, 0.1) is 12.8 Å². The van der Waals surface area contributed by atoms with Crippen molar-refractivity contribution in [1.82, 2.24) is 0 Å². The van der Waals surface area contributed by atoms with Crippen LogP contribution in [0, 0.1) is 6.92 Å². The Labute approximate surface area is 148 Å². The fourth-order valence-corrected chi connectivity index (χ4v) is 2.47. The van der Waals surface area contributed by atoms with Gasteiger partial charge in [-0.25, -0.2) is 0 Å². The van der Waals surface area contributed by atoms with Crippen LogP contribution in [-0.2, 0) is 11.2 Å². The van der Waals surface area contributed by atoms with Crippen LogP contribution in [0.4, 0.5) is 11.4 Å². The first kappa shape index (κ1) is 18.1. The lowest BCUT2D eigenvalue weighted by atomic mass is 10.1. The normalized spacial score (nSPS) is 10.3. The number of amides is 1. The van der Waals surface area contributed by atoms with E-state index in [4.69, 9.17) is 16.3 Å². The standard InChI is InChI=1S/C19H23ClN2O2/c1-4-14-5-7-15(8-6-14)21-10-9-19(23)22-17-11-13(2)16(20)12-18(17)24-3/h5-8,11-12,21H,4,9-10H2,1-3H3,(H,22,23). The summed E-state index contributed by atoms with van der Waals surface area (Å²) in [6, 6.07) is 11.8. The van der Waals surface area contributed by atoms with Crippen LogP contribution in [0.1, 0.15) is 24.5 Å². The van der Waals surface area contributed by atoms with Crippen LogP contribution in [0.25, 0.3) is 0 Å². The molecule has 24 heavy (non-hydrogen) atoms. The minimum Gasteiger partial charge on any atom is -0.495 e. The molecule has 2 N–H and O–H groups in total. The molecule has 2 aromatic rings. The van der Waals surface area contributed by atoms with E-state index in [9.17, 15) is 4.79 Å². The van der Waals surface area contributed by atoms with Crippen molar-refractivity contribution in [3.63, 3.8) is 0 Å². The monoisotopic (exact) mass is 346 g/mol. The van der Waals surface area contributed by atoms with E-state index in [1.54, 1.807) is 13.2 Å². The summed E-state index contributed by atoms with van der Waals surface area (Å²) in [7, 11) is 1.55. The minimum absolute atomic E-state index is 0.0762. The van der Waals surface area contributed by atoms with Crippen LogP contribution in [-0.4, -0.2) is 19.6 Å². The van der Waals surface area contributed by atoms with Crippen molar-refractivity contribution < 1.29 is 9.53 Å². The number of carbonyl (C=O) groups is 1. The van der Waals surface area contributed by atoms with Gasteiger partial charge in [0.25, 0.3) is 0 Å². The smallest absolute Gasteiger partial charge is 0.226 e. The van der Waals surface area contributed by atoms with Gasteiger partial charge in [0.2, 0.25) is 5.91 Å². The molecule has 0 heterocycles. The van der Waals surface area contributed by atoms with E-state index in [2.05, 4.69) is 29.7 Å². The van der Waals surface area contributed by atoms with E-state index in [1.165, 1.54) is 5.56 Å². The maximum atomic E-state index is 12.1. The van der Waals surface area contributed by atoms with Crippen LogP contribution in [0.15, 0.2) is 36.4 Å². The van der Waals surface area contributed by atoms with Gasteiger partial charge in [0.1, 0.15) is 5.75 Å². The molecule has 0 fully saturated rings. The van der Waals surface area contributed by atoms with Gasteiger partial charge in [0.15, 0.2) is 0 Å². The third-order valence-electron chi connectivity index (χ3n) is 3.80. The Morgan fingerprint density at radius 3 is 2.54 bits per heavy atom. The molecule has 5 heteroatoms. The molecule has 0 aliphatic heterocycles. The molecule has 128 valence electrons. The maximum absolute atomic E-state index is 12.1. The molecular weight excluding hydrogens is 324 g/mol. The van der Waals surface area contributed by atoms with Crippen molar-refractivity contribution in [1.29, 1.82) is 0 Å². The Balaban J connectivity index is 1.88. The minimum atomic E-state index is -0.0762. The van der Waals surface area contributed by atoms with Gasteiger partial charge < -0.3 is 15.4 Å². The van der Waals surface area contributed by atoms with Gasteiger partial charge in [-0.05, 0) is 42.7 Å². The summed E-state index contributed by atoms with van der Waals surface area (Å²) < 4.78 is 5.26. The zero-order chi connectivity index (χ0) is 17.5. The maximum Gasteiger partial charge on any atom is 0.226 e. The third-order valence-corrected chi connectivity index (χ3v) is 4.21. The molecule has 0 saturated heterocycles. The van der Waals surface area contributed by atoms with Gasteiger partial charge in [-0.3, -0.25) is 4.79 Å². The first-order valence-corrected chi connectivity index (χ1v) is 8.38. The predicted octanol–water partition coefficient (Wildman–Crippen LogP) is 4.66. The quantitative estimate of drug-likeness (QED) is 0.766. The summed E-state index contributed by atoms with van der Waals surface area (Å²) in [6.07, 6.45) is 1.38. The van der Waals surface area contributed by atoms with E-state index < -0.39 is 0 Å². The molecule has 1 amide bonds. The number of methoxy groups -OCH3 is 1. The van der Waals surface area contributed by atoms with Crippen LogP contribution in [0.5, 0.6) is 5.75 Å². The Bertz CT molecular complexity index is 699. The topological polar surface area (TPSA) is 50.4 Å². The summed E-state index contributed by atoms with van der Waals surface area (Å²) in [5.41, 5.74) is 3.84. The number of anilines is 2. The van der Waals surface area contributed by atoms with Crippen LogP contribution in [0.3, 0.4) is 0 Å². The van der Waals surface area contributed by atoms with Crippen molar-refractivity contribution in [2.24, 2.45) is 0 Å². The average molecular weight is 347 g/mol. The average Bonchev–Trinajstić information content (AvgIpc) is 2.58. The molecule has 0 aliphatic rings. The van der Waals surface area contributed by atoms with Crippen molar-refractivity contribution in [3.8, 4) is 5.75 Å². The zero-order valence-electron chi connectivity index (χ0n) is 14.3. The van der Waals surface area contributed by atoms with Crippen LogP contribution < -0.4 is 15.4 Å². The summed E-state index contributed by atoms with van der Waals surface area (Å²) in [5.74, 6) is 0.481. The Morgan fingerprint density at radius 1 is 1.21 bits per heavy atom. The molecule has 0 unspecified atom stereocenters. The first-order valence-electron chi connectivity index (χ1n) is 8.00. The molecule has 0 aliphatic carbocycles. The van der Waals surface area contributed by atoms with Gasteiger partial charge in [-0.1, -0.05) is 30.7 Å². The third kappa shape index (κ3) is 4.90. The molecule has 2 rings (SSSR count). The Hall–Kier alpha value is -2.20. The predicted molar refractivity (Wildman–Crippen MR) is 100 cm³/mol. The molecule has 0 atom stereocenters. The van der Waals surface area contributed by atoms with Crippen LogP contribution >= 0.6 is 11.6 Å². The highest BCUT2D eigenvalue weighted by Crippen LogP contribution is 2.30. The number of carbonyl (C=O) groups excluding carboxylic acids is 1. The molecule has 0 aromatic heterocycles.